The third-order valence-electron chi connectivity index (χ3n) is 4.68. The predicted octanol–water partition coefficient (Wildman–Crippen LogP) is 1.62. The Bertz CT molecular complexity index is 632. The molecule has 0 radical (unpaired) electrons. The number of nitrogens with zero attached hydrogens (tertiary/aromatic N) is 3. The van der Waals surface area contributed by atoms with Crippen LogP contribution in [0.15, 0.2) is 0 Å². The minimum atomic E-state index is -0.626. The first-order valence-electron chi connectivity index (χ1n) is 10.6. The first-order chi connectivity index (χ1) is 13.9. The minimum Gasteiger partial charge on any atom is -0.444 e. The molecule has 3 N–H and O–H groups in total. The third kappa shape index (κ3) is 8.99. The van der Waals surface area contributed by atoms with Crippen molar-refractivity contribution in [1.29, 1.82) is 5.26 Å². The molecule has 0 aromatic rings. The Hall–Kier alpha value is -2.34. The summed E-state index contributed by atoms with van der Waals surface area (Å²) in [6, 6.07) is 1.74. The van der Waals surface area contributed by atoms with Gasteiger partial charge in [-0.2, -0.15) is 5.26 Å². The number of hydrogen-bond donors (Lipinski definition) is 2. The molecule has 2 aliphatic rings. The van der Waals surface area contributed by atoms with Crippen molar-refractivity contribution in [3.8, 4) is 6.07 Å². The van der Waals surface area contributed by atoms with Crippen LogP contribution in [0.4, 0.5) is 4.79 Å². The van der Waals surface area contributed by atoms with Gasteiger partial charge >= 0.3 is 6.09 Å². The summed E-state index contributed by atoms with van der Waals surface area (Å²) < 4.78 is 5.36. The second kappa shape index (κ2) is 11.7. The summed E-state index contributed by atoms with van der Waals surface area (Å²) in [7, 11) is 0. The van der Waals surface area contributed by atoms with E-state index in [0.29, 0.717) is 19.5 Å². The molecule has 170 valence electrons. The second-order valence-corrected chi connectivity index (χ2v) is 9.18. The smallest absolute Gasteiger partial charge is 0.410 e. The molecule has 0 bridgehead atoms. The highest BCUT2D eigenvalue weighted by Crippen LogP contribution is 2.18. The van der Waals surface area contributed by atoms with Gasteiger partial charge in [0.05, 0.1) is 12.1 Å². The number of ether oxygens (including phenoxy) is 1. The van der Waals surface area contributed by atoms with Crippen molar-refractivity contribution in [3.63, 3.8) is 0 Å². The van der Waals surface area contributed by atoms with E-state index in [1.807, 2.05) is 13.8 Å². The van der Waals surface area contributed by atoms with Crippen LogP contribution in [-0.2, 0) is 14.3 Å². The molecule has 0 aliphatic carbocycles. The lowest BCUT2D eigenvalue weighted by atomic mass is 10.2. The van der Waals surface area contributed by atoms with E-state index in [1.54, 1.807) is 20.8 Å². The molecule has 3 amide bonds. The fraction of sp³-hybridized carbons (Fsp3) is 0.810. The average Bonchev–Trinajstić information content (AvgIpc) is 3.31. The van der Waals surface area contributed by atoms with Gasteiger partial charge in [0, 0.05) is 13.1 Å². The van der Waals surface area contributed by atoms with Crippen molar-refractivity contribution in [2.45, 2.75) is 78.0 Å². The molecule has 9 heteroatoms. The third-order valence-corrected chi connectivity index (χ3v) is 4.68. The summed E-state index contributed by atoms with van der Waals surface area (Å²) >= 11 is 0. The summed E-state index contributed by atoms with van der Waals surface area (Å²) in [4.78, 5) is 39.1. The molecule has 2 saturated heterocycles. The Kier molecular flexibility index (Phi) is 10.1. The number of nitrogens with one attached hydrogen (secondary N) is 1. The van der Waals surface area contributed by atoms with Crippen molar-refractivity contribution in [2.24, 2.45) is 11.7 Å². The molecule has 2 fully saturated rings. The van der Waals surface area contributed by atoms with E-state index in [4.69, 9.17) is 15.7 Å². The molecule has 1 unspecified atom stereocenters. The Labute approximate surface area is 179 Å². The molecule has 2 heterocycles. The number of nitrogens with two attached hydrogens (primary N) is 1. The maximum Gasteiger partial charge on any atom is 0.410 e. The summed E-state index contributed by atoms with van der Waals surface area (Å²) in [5, 5.41) is 11.3. The minimum absolute atomic E-state index is 0.100. The molecule has 30 heavy (non-hydrogen) atoms. The zero-order valence-electron chi connectivity index (χ0n) is 18.9. The van der Waals surface area contributed by atoms with E-state index in [-0.39, 0.29) is 24.4 Å². The molecule has 2 aliphatic heterocycles. The number of carbonyl (C=O) groups is 3. The highest BCUT2D eigenvalue weighted by molar-refractivity contribution is 5.89. The molecule has 2 atom stereocenters. The second-order valence-electron chi connectivity index (χ2n) is 9.18. The number of likely N-dealkylation sites (tertiary alicyclic amines) is 1. The first-order valence-corrected chi connectivity index (χ1v) is 10.6. The molecule has 0 spiro atoms. The van der Waals surface area contributed by atoms with Crippen LogP contribution in [-0.4, -0.2) is 71.6 Å². The molecule has 0 aromatic heterocycles. The number of primary amides is 1. The summed E-state index contributed by atoms with van der Waals surface area (Å²) in [6.07, 6.45) is 3.01. The Morgan fingerprint density at radius 1 is 1.27 bits per heavy atom. The summed E-state index contributed by atoms with van der Waals surface area (Å²) in [6.45, 7) is 11.1. The van der Waals surface area contributed by atoms with Crippen LogP contribution in [0.5, 0.6) is 0 Å². The highest BCUT2D eigenvalue weighted by Gasteiger charge is 2.34. The van der Waals surface area contributed by atoms with E-state index in [2.05, 4.69) is 11.4 Å². The molecule has 2 rings (SSSR count). The molecular weight excluding hydrogens is 386 g/mol. The van der Waals surface area contributed by atoms with Gasteiger partial charge in [0.25, 0.3) is 0 Å². The van der Waals surface area contributed by atoms with Crippen LogP contribution in [0.3, 0.4) is 0 Å². The van der Waals surface area contributed by atoms with Gasteiger partial charge in [-0.15, -0.1) is 0 Å². The van der Waals surface area contributed by atoms with Crippen LogP contribution in [0, 0.1) is 17.2 Å². The summed E-state index contributed by atoms with van der Waals surface area (Å²) in [5.74, 6) is -0.567. The fourth-order valence-corrected chi connectivity index (χ4v) is 3.38. The highest BCUT2D eigenvalue weighted by atomic mass is 16.6. The van der Waals surface area contributed by atoms with E-state index < -0.39 is 23.6 Å². The number of nitriles is 1. The van der Waals surface area contributed by atoms with Gasteiger partial charge in [0.2, 0.25) is 11.8 Å². The van der Waals surface area contributed by atoms with Crippen LogP contribution >= 0.6 is 0 Å². The monoisotopic (exact) mass is 423 g/mol. The van der Waals surface area contributed by atoms with Gasteiger partial charge < -0.3 is 20.7 Å². The number of amides is 3. The van der Waals surface area contributed by atoms with Gasteiger partial charge in [0.15, 0.2) is 0 Å². The van der Waals surface area contributed by atoms with Crippen molar-refractivity contribution in [3.05, 3.63) is 0 Å². The van der Waals surface area contributed by atoms with Gasteiger partial charge in [0.1, 0.15) is 18.2 Å². The van der Waals surface area contributed by atoms with Crippen molar-refractivity contribution in [1.82, 2.24) is 15.1 Å². The van der Waals surface area contributed by atoms with Crippen LogP contribution in [0.2, 0.25) is 0 Å². The Morgan fingerprint density at radius 3 is 2.37 bits per heavy atom. The normalized spacial score (nSPS) is 20.9. The van der Waals surface area contributed by atoms with Gasteiger partial charge in [-0.05, 0) is 58.9 Å². The SMILES string of the molecule is CC(C)CN(CC(=O)N1CCC[C@H]1C(N)=O)C(=O)OC(C)(C)C.N#CC1CCCN1. The van der Waals surface area contributed by atoms with Crippen molar-refractivity contribution >= 4 is 17.9 Å². The first kappa shape index (κ1) is 25.7. The number of carbonyl (C=O) groups excluding carboxylic acids is 3. The van der Waals surface area contributed by atoms with Gasteiger partial charge in [-0.1, -0.05) is 13.8 Å². The number of hydrogen-bond acceptors (Lipinski definition) is 6. The maximum atomic E-state index is 12.5. The van der Waals surface area contributed by atoms with Crippen LogP contribution < -0.4 is 11.1 Å². The molecular formula is C21H37N5O4. The van der Waals surface area contributed by atoms with Crippen molar-refractivity contribution < 1.29 is 19.1 Å². The molecule has 0 saturated carbocycles. The fourth-order valence-electron chi connectivity index (χ4n) is 3.38. The van der Waals surface area contributed by atoms with E-state index in [0.717, 1.165) is 25.8 Å². The van der Waals surface area contributed by atoms with Crippen molar-refractivity contribution in [2.75, 3.05) is 26.2 Å². The predicted molar refractivity (Wildman–Crippen MR) is 113 cm³/mol. The Morgan fingerprint density at radius 2 is 1.93 bits per heavy atom. The largest absolute Gasteiger partial charge is 0.444 e. The Balaban J connectivity index is 0.000000539. The van der Waals surface area contributed by atoms with E-state index in [1.165, 1.54) is 9.80 Å². The maximum absolute atomic E-state index is 12.5. The van der Waals surface area contributed by atoms with Gasteiger partial charge in [-0.3, -0.25) is 14.5 Å². The van der Waals surface area contributed by atoms with Crippen LogP contribution in [0.25, 0.3) is 0 Å². The number of rotatable bonds is 5. The zero-order chi connectivity index (χ0) is 22.9. The molecule has 0 aromatic carbocycles. The average molecular weight is 424 g/mol. The lowest BCUT2D eigenvalue weighted by molar-refractivity contribution is -0.138. The van der Waals surface area contributed by atoms with E-state index >= 15 is 0 Å². The topological polar surface area (TPSA) is 129 Å². The summed E-state index contributed by atoms with van der Waals surface area (Å²) in [5.41, 5.74) is 4.72. The van der Waals surface area contributed by atoms with Crippen LogP contribution in [0.1, 0.15) is 60.3 Å². The zero-order valence-corrected chi connectivity index (χ0v) is 18.9. The van der Waals surface area contributed by atoms with E-state index in [9.17, 15) is 14.4 Å². The molecule has 9 nitrogen and oxygen atoms in total. The van der Waals surface area contributed by atoms with Gasteiger partial charge in [-0.25, -0.2) is 4.79 Å². The standard InChI is InChI=1S/C16H29N3O4.C5H8N2/c1-11(2)9-18(15(22)23-16(3,4)5)10-13(20)19-8-6-7-12(19)14(17)21;6-4-5-2-1-3-7-5/h11-12H,6-10H2,1-5H3,(H2,17,21);5,7H,1-3H2/t12-;/m0./s1. The lowest BCUT2D eigenvalue weighted by Gasteiger charge is -2.30. The quantitative estimate of drug-likeness (QED) is 0.691. The lowest BCUT2D eigenvalue weighted by Crippen LogP contribution is -2.50.